The lowest BCUT2D eigenvalue weighted by atomic mass is 10.1. The second kappa shape index (κ2) is 9.42. The van der Waals surface area contributed by atoms with Crippen LogP contribution in [0, 0.1) is 0 Å². The van der Waals surface area contributed by atoms with Crippen molar-refractivity contribution >= 4 is 29.4 Å². The summed E-state index contributed by atoms with van der Waals surface area (Å²) < 4.78 is 0. The maximum atomic E-state index is 11.8. The molecule has 0 saturated carbocycles. The summed E-state index contributed by atoms with van der Waals surface area (Å²) >= 11 is 6.03. The molecule has 6 nitrogen and oxygen atoms in total. The number of halogens is 1. The lowest BCUT2D eigenvalue weighted by molar-refractivity contribution is -0.147. The Bertz CT molecular complexity index is 632. The zero-order valence-electron chi connectivity index (χ0n) is 14.8. The van der Waals surface area contributed by atoms with Gasteiger partial charge in [-0.05, 0) is 31.0 Å². The Morgan fingerprint density at radius 2 is 2.04 bits per heavy atom. The highest BCUT2D eigenvalue weighted by molar-refractivity contribution is 6.30. The largest absolute Gasteiger partial charge is 0.357 e. The third-order valence-corrected chi connectivity index (χ3v) is 4.21. The SMILES string of the molecule is CCNC(=NCCN1C(=O)CCCC1=O)N(C)Cc1cccc(Cl)c1. The average molecular weight is 365 g/mol. The normalized spacial score (nSPS) is 15.5. The molecular weight excluding hydrogens is 340 g/mol. The monoisotopic (exact) mass is 364 g/mol. The number of carbonyl (C=O) groups is 2. The predicted molar refractivity (Wildman–Crippen MR) is 99.5 cm³/mol. The number of aliphatic imine (C=N–C) groups is 1. The Kier molecular flexibility index (Phi) is 7.25. The van der Waals surface area contributed by atoms with Gasteiger partial charge < -0.3 is 10.2 Å². The number of rotatable bonds is 6. The number of nitrogens with one attached hydrogen (secondary N) is 1. The molecule has 1 N–H and O–H groups in total. The van der Waals surface area contributed by atoms with E-state index in [1.807, 2.05) is 43.1 Å². The van der Waals surface area contributed by atoms with E-state index < -0.39 is 0 Å². The summed E-state index contributed by atoms with van der Waals surface area (Å²) in [4.78, 5) is 31.5. The van der Waals surface area contributed by atoms with Crippen molar-refractivity contribution in [1.29, 1.82) is 0 Å². The molecular formula is C18H25ClN4O2. The van der Waals surface area contributed by atoms with Crippen LogP contribution >= 0.6 is 11.6 Å². The van der Waals surface area contributed by atoms with E-state index in [1.54, 1.807) is 0 Å². The summed E-state index contributed by atoms with van der Waals surface area (Å²) in [5, 5.41) is 3.94. The molecule has 2 rings (SSSR count). The van der Waals surface area contributed by atoms with Gasteiger partial charge >= 0.3 is 0 Å². The van der Waals surface area contributed by atoms with Gasteiger partial charge in [0.2, 0.25) is 11.8 Å². The van der Waals surface area contributed by atoms with Crippen LogP contribution in [-0.2, 0) is 16.1 Å². The van der Waals surface area contributed by atoms with Crippen molar-refractivity contribution in [2.45, 2.75) is 32.7 Å². The van der Waals surface area contributed by atoms with E-state index in [0.717, 1.165) is 18.1 Å². The average Bonchev–Trinajstić information content (AvgIpc) is 2.56. The summed E-state index contributed by atoms with van der Waals surface area (Å²) in [6, 6.07) is 7.70. The fourth-order valence-electron chi connectivity index (χ4n) is 2.76. The Morgan fingerprint density at radius 1 is 1.32 bits per heavy atom. The highest BCUT2D eigenvalue weighted by atomic mass is 35.5. The molecule has 1 fully saturated rings. The van der Waals surface area contributed by atoms with E-state index >= 15 is 0 Å². The molecule has 0 spiro atoms. The van der Waals surface area contributed by atoms with Crippen molar-refractivity contribution in [3.63, 3.8) is 0 Å². The Balaban J connectivity index is 1.97. The van der Waals surface area contributed by atoms with E-state index in [2.05, 4.69) is 10.3 Å². The second-order valence-electron chi connectivity index (χ2n) is 6.01. The third-order valence-electron chi connectivity index (χ3n) is 3.97. The zero-order chi connectivity index (χ0) is 18.2. The molecule has 1 aromatic rings. The maximum absolute atomic E-state index is 11.8. The van der Waals surface area contributed by atoms with Crippen molar-refractivity contribution in [2.24, 2.45) is 4.99 Å². The van der Waals surface area contributed by atoms with Crippen LogP contribution in [0.15, 0.2) is 29.3 Å². The van der Waals surface area contributed by atoms with Crippen LogP contribution in [0.2, 0.25) is 5.02 Å². The van der Waals surface area contributed by atoms with Gasteiger partial charge in [0.1, 0.15) is 0 Å². The van der Waals surface area contributed by atoms with Crippen molar-refractivity contribution < 1.29 is 9.59 Å². The summed E-state index contributed by atoms with van der Waals surface area (Å²) in [6.45, 7) is 4.12. The molecule has 1 aliphatic rings. The number of imide groups is 1. The smallest absolute Gasteiger partial charge is 0.229 e. The molecule has 0 unspecified atom stereocenters. The van der Waals surface area contributed by atoms with Crippen LogP contribution in [0.4, 0.5) is 0 Å². The standard InChI is InChI=1S/C18H25ClN4O2/c1-3-20-18(22(2)13-14-6-4-7-15(19)12-14)21-10-11-23-16(24)8-5-9-17(23)25/h4,6-7,12H,3,5,8-11,13H2,1-2H3,(H,20,21). The van der Waals surface area contributed by atoms with E-state index in [1.165, 1.54) is 4.90 Å². The molecule has 1 aliphatic heterocycles. The molecule has 2 amide bonds. The minimum Gasteiger partial charge on any atom is -0.357 e. The fraction of sp³-hybridized carbons (Fsp3) is 0.500. The number of piperidine rings is 1. The van der Waals surface area contributed by atoms with Gasteiger partial charge in [-0.15, -0.1) is 0 Å². The first kappa shape index (κ1) is 19.2. The molecule has 1 heterocycles. The van der Waals surface area contributed by atoms with Gasteiger partial charge in [0.25, 0.3) is 0 Å². The van der Waals surface area contributed by atoms with Crippen LogP contribution in [0.5, 0.6) is 0 Å². The van der Waals surface area contributed by atoms with E-state index in [9.17, 15) is 9.59 Å². The minimum atomic E-state index is -0.0938. The van der Waals surface area contributed by atoms with Gasteiger partial charge in [-0.2, -0.15) is 0 Å². The minimum absolute atomic E-state index is 0.0938. The number of likely N-dealkylation sites (tertiary alicyclic amines) is 1. The number of hydrogen-bond acceptors (Lipinski definition) is 3. The molecule has 1 saturated heterocycles. The highest BCUT2D eigenvalue weighted by Crippen LogP contribution is 2.13. The third kappa shape index (κ3) is 5.74. The molecule has 0 radical (unpaired) electrons. The Morgan fingerprint density at radius 3 is 2.68 bits per heavy atom. The predicted octanol–water partition coefficient (Wildman–Crippen LogP) is 2.28. The zero-order valence-corrected chi connectivity index (χ0v) is 15.6. The quantitative estimate of drug-likeness (QED) is 0.478. The maximum Gasteiger partial charge on any atom is 0.229 e. The van der Waals surface area contributed by atoms with Gasteiger partial charge in [-0.25, -0.2) is 0 Å². The van der Waals surface area contributed by atoms with Crippen molar-refractivity contribution in [1.82, 2.24) is 15.1 Å². The molecule has 0 atom stereocenters. The molecule has 1 aromatic carbocycles. The second-order valence-corrected chi connectivity index (χ2v) is 6.45. The molecule has 25 heavy (non-hydrogen) atoms. The molecule has 0 aliphatic carbocycles. The first-order valence-corrected chi connectivity index (χ1v) is 8.96. The first-order chi connectivity index (χ1) is 12.0. The number of hydrogen-bond donors (Lipinski definition) is 1. The number of guanidine groups is 1. The molecule has 0 aromatic heterocycles. The van der Waals surface area contributed by atoms with Gasteiger partial charge in [-0.3, -0.25) is 19.5 Å². The number of nitrogens with zero attached hydrogens (tertiary/aromatic N) is 3. The molecule has 0 bridgehead atoms. The van der Waals surface area contributed by atoms with Crippen molar-refractivity contribution in [3.05, 3.63) is 34.9 Å². The van der Waals surface area contributed by atoms with E-state index in [0.29, 0.717) is 43.9 Å². The van der Waals surface area contributed by atoms with Crippen LogP contribution in [0.3, 0.4) is 0 Å². The summed E-state index contributed by atoms with van der Waals surface area (Å²) in [5.41, 5.74) is 1.09. The van der Waals surface area contributed by atoms with Gasteiger partial charge in [0, 0.05) is 44.5 Å². The van der Waals surface area contributed by atoms with Crippen molar-refractivity contribution in [2.75, 3.05) is 26.7 Å². The van der Waals surface area contributed by atoms with Gasteiger partial charge in [0.15, 0.2) is 5.96 Å². The van der Waals surface area contributed by atoms with Crippen LogP contribution in [0.25, 0.3) is 0 Å². The first-order valence-electron chi connectivity index (χ1n) is 8.58. The van der Waals surface area contributed by atoms with E-state index in [-0.39, 0.29) is 11.8 Å². The number of amides is 2. The number of carbonyl (C=O) groups excluding carboxylic acids is 2. The fourth-order valence-corrected chi connectivity index (χ4v) is 2.97. The highest BCUT2D eigenvalue weighted by Gasteiger charge is 2.25. The lowest BCUT2D eigenvalue weighted by Crippen LogP contribution is -2.42. The van der Waals surface area contributed by atoms with Gasteiger partial charge in [0.05, 0.1) is 6.54 Å². The number of benzene rings is 1. The Hall–Kier alpha value is -2.08. The van der Waals surface area contributed by atoms with Crippen LogP contribution in [-0.4, -0.2) is 54.3 Å². The molecule has 136 valence electrons. The van der Waals surface area contributed by atoms with Crippen molar-refractivity contribution in [3.8, 4) is 0 Å². The topological polar surface area (TPSA) is 65.0 Å². The summed E-state index contributed by atoms with van der Waals surface area (Å²) in [6.07, 6.45) is 1.55. The summed E-state index contributed by atoms with van der Waals surface area (Å²) in [5.74, 6) is 0.548. The Labute approximate surface area is 153 Å². The molecule has 7 heteroatoms. The lowest BCUT2D eigenvalue weighted by Gasteiger charge is -2.25. The van der Waals surface area contributed by atoms with E-state index in [4.69, 9.17) is 11.6 Å². The van der Waals surface area contributed by atoms with Crippen LogP contribution < -0.4 is 5.32 Å². The van der Waals surface area contributed by atoms with Crippen LogP contribution in [0.1, 0.15) is 31.7 Å². The summed E-state index contributed by atoms with van der Waals surface area (Å²) in [7, 11) is 1.94. The van der Waals surface area contributed by atoms with Gasteiger partial charge in [-0.1, -0.05) is 23.7 Å².